The summed E-state index contributed by atoms with van der Waals surface area (Å²) in [7, 11) is 0. The van der Waals surface area contributed by atoms with Crippen molar-refractivity contribution in [1.29, 1.82) is 0 Å². The number of para-hydroxylation sites is 1. The molecule has 3 aromatic rings. The van der Waals surface area contributed by atoms with Crippen LogP contribution in [0, 0.1) is 0 Å². The van der Waals surface area contributed by atoms with Crippen LogP contribution in [-0.4, -0.2) is 18.4 Å². The molecule has 1 unspecified atom stereocenters. The number of carbonyl (C=O) groups excluding carboxylic acids is 2. The van der Waals surface area contributed by atoms with Crippen LogP contribution in [0.3, 0.4) is 0 Å². The van der Waals surface area contributed by atoms with E-state index in [0.29, 0.717) is 16.2 Å². The molecule has 1 aliphatic heterocycles. The Morgan fingerprint density at radius 1 is 1.00 bits per heavy atom. The van der Waals surface area contributed by atoms with Crippen molar-refractivity contribution in [1.82, 2.24) is 5.32 Å². The monoisotopic (exact) mass is 482 g/mol. The van der Waals surface area contributed by atoms with E-state index in [-0.39, 0.29) is 24.4 Å². The molecule has 8 heteroatoms. The summed E-state index contributed by atoms with van der Waals surface area (Å²) in [5.74, 6) is -0.702. The van der Waals surface area contributed by atoms with E-state index in [1.165, 1.54) is 28.8 Å². The highest BCUT2D eigenvalue weighted by Gasteiger charge is 2.32. The molecule has 0 spiro atoms. The third-order valence-corrected chi connectivity index (χ3v) is 6.42. The number of carbonyl (C=O) groups is 2. The van der Waals surface area contributed by atoms with Gasteiger partial charge in [-0.15, -0.1) is 0 Å². The average molecular weight is 483 g/mol. The standard InChI is InChI=1S/C26H21F3N2O2S/c1-17(19-7-3-2-4-8-19)30-24(32)16-31-21-9-5-6-10-22(21)34-23(25(31)33)15-18-11-13-20(14-12-18)26(27,28)29/h2-15,17H,16H2,1H3,(H,30,32)/b23-15+. The molecule has 1 N–H and O–H groups in total. The van der Waals surface area contributed by atoms with Crippen molar-refractivity contribution < 1.29 is 22.8 Å². The summed E-state index contributed by atoms with van der Waals surface area (Å²) in [6.07, 6.45) is -2.89. The van der Waals surface area contributed by atoms with Crippen molar-refractivity contribution in [2.45, 2.75) is 24.0 Å². The number of nitrogens with zero attached hydrogens (tertiary/aromatic N) is 1. The van der Waals surface area contributed by atoms with Crippen LogP contribution >= 0.6 is 11.8 Å². The van der Waals surface area contributed by atoms with Crippen molar-refractivity contribution in [3.63, 3.8) is 0 Å². The maximum Gasteiger partial charge on any atom is 0.416 e. The lowest BCUT2D eigenvalue weighted by molar-refractivity contribution is -0.137. The van der Waals surface area contributed by atoms with Crippen molar-refractivity contribution >= 4 is 35.3 Å². The SMILES string of the molecule is CC(NC(=O)CN1C(=O)/C(=C\c2ccc(C(F)(F)F)cc2)Sc2ccccc21)c1ccccc1. The molecule has 3 aromatic carbocycles. The normalized spacial score (nSPS) is 15.7. The van der Waals surface area contributed by atoms with Crippen LogP contribution in [0.1, 0.15) is 29.7 Å². The molecule has 0 radical (unpaired) electrons. The van der Waals surface area contributed by atoms with Crippen molar-refractivity contribution in [3.05, 3.63) is 100 Å². The fraction of sp³-hybridized carbons (Fsp3) is 0.154. The fourth-order valence-electron chi connectivity index (χ4n) is 3.59. The van der Waals surface area contributed by atoms with E-state index < -0.39 is 11.7 Å². The largest absolute Gasteiger partial charge is 0.416 e. The molecule has 34 heavy (non-hydrogen) atoms. The first-order chi connectivity index (χ1) is 16.2. The number of rotatable bonds is 5. The van der Waals surface area contributed by atoms with Crippen LogP contribution in [0.4, 0.5) is 18.9 Å². The molecule has 2 amide bonds. The predicted molar refractivity (Wildman–Crippen MR) is 127 cm³/mol. The molecule has 174 valence electrons. The van der Waals surface area contributed by atoms with Crippen LogP contribution in [0.15, 0.2) is 88.7 Å². The van der Waals surface area contributed by atoms with Crippen LogP contribution in [0.5, 0.6) is 0 Å². The lowest BCUT2D eigenvalue weighted by Crippen LogP contribution is -2.43. The van der Waals surface area contributed by atoms with Gasteiger partial charge in [0.05, 0.1) is 22.2 Å². The van der Waals surface area contributed by atoms with Crippen molar-refractivity contribution in [2.24, 2.45) is 0 Å². The van der Waals surface area contributed by atoms with Gasteiger partial charge in [-0.25, -0.2) is 0 Å². The van der Waals surface area contributed by atoms with Crippen molar-refractivity contribution in [2.75, 3.05) is 11.4 Å². The Balaban J connectivity index is 1.56. The van der Waals surface area contributed by atoms with E-state index in [1.54, 1.807) is 18.2 Å². The number of alkyl halides is 3. The van der Waals surface area contributed by atoms with Gasteiger partial charge in [0, 0.05) is 4.90 Å². The number of amides is 2. The van der Waals surface area contributed by atoms with Crippen LogP contribution in [0.2, 0.25) is 0 Å². The Kier molecular flexibility index (Phi) is 6.79. The van der Waals surface area contributed by atoms with E-state index in [1.807, 2.05) is 49.4 Å². The first-order valence-electron chi connectivity index (χ1n) is 10.5. The highest BCUT2D eigenvalue weighted by Crippen LogP contribution is 2.42. The predicted octanol–water partition coefficient (Wildman–Crippen LogP) is 6.06. The second-order valence-electron chi connectivity index (χ2n) is 7.79. The fourth-order valence-corrected chi connectivity index (χ4v) is 4.65. The Bertz CT molecular complexity index is 1220. The number of anilines is 1. The van der Waals surface area contributed by atoms with Gasteiger partial charge in [-0.2, -0.15) is 13.2 Å². The molecular weight excluding hydrogens is 461 g/mol. The van der Waals surface area contributed by atoms with Crippen molar-refractivity contribution in [3.8, 4) is 0 Å². The maximum atomic E-state index is 13.3. The lowest BCUT2D eigenvalue weighted by atomic mass is 10.1. The van der Waals surface area contributed by atoms with Crippen LogP contribution < -0.4 is 10.2 Å². The first-order valence-corrected chi connectivity index (χ1v) is 11.4. The lowest BCUT2D eigenvalue weighted by Gasteiger charge is -2.30. The van der Waals surface area contributed by atoms with Gasteiger partial charge in [0.1, 0.15) is 6.54 Å². The number of thioether (sulfide) groups is 1. The minimum absolute atomic E-state index is 0.183. The molecule has 0 saturated heterocycles. The highest BCUT2D eigenvalue weighted by atomic mass is 32.2. The minimum Gasteiger partial charge on any atom is -0.348 e. The number of halogens is 3. The molecular formula is C26H21F3N2O2S. The van der Waals surface area contributed by atoms with Gasteiger partial charge in [-0.3, -0.25) is 14.5 Å². The second-order valence-corrected chi connectivity index (χ2v) is 8.87. The summed E-state index contributed by atoms with van der Waals surface area (Å²) in [6, 6.07) is 21.1. The molecule has 4 nitrogen and oxygen atoms in total. The van der Waals surface area contributed by atoms with Gasteiger partial charge >= 0.3 is 6.18 Å². The zero-order valence-electron chi connectivity index (χ0n) is 18.2. The number of hydrogen-bond donors (Lipinski definition) is 1. The summed E-state index contributed by atoms with van der Waals surface area (Å²) in [6.45, 7) is 1.68. The van der Waals surface area contributed by atoms with Crippen LogP contribution in [-0.2, 0) is 15.8 Å². The molecule has 1 aliphatic rings. The van der Waals surface area contributed by atoms with Crippen LogP contribution in [0.25, 0.3) is 6.08 Å². The van der Waals surface area contributed by atoms with E-state index in [4.69, 9.17) is 0 Å². The van der Waals surface area contributed by atoms with Gasteiger partial charge in [0.2, 0.25) is 5.91 Å². The average Bonchev–Trinajstić information content (AvgIpc) is 2.82. The third-order valence-electron chi connectivity index (χ3n) is 5.35. The highest BCUT2D eigenvalue weighted by molar-refractivity contribution is 8.04. The molecule has 1 heterocycles. The molecule has 0 saturated carbocycles. The van der Waals surface area contributed by atoms with E-state index >= 15 is 0 Å². The van der Waals surface area contributed by atoms with E-state index in [9.17, 15) is 22.8 Å². The zero-order valence-corrected chi connectivity index (χ0v) is 19.0. The Labute approximate surface area is 199 Å². The van der Waals surface area contributed by atoms with Gasteiger partial charge in [-0.05, 0) is 48.4 Å². The number of benzene rings is 3. The first kappa shape index (κ1) is 23.6. The summed E-state index contributed by atoms with van der Waals surface area (Å²) in [5, 5.41) is 2.91. The molecule has 1 atom stereocenters. The molecule has 0 aliphatic carbocycles. The topological polar surface area (TPSA) is 49.4 Å². The van der Waals surface area contributed by atoms with Gasteiger partial charge in [0.15, 0.2) is 0 Å². The summed E-state index contributed by atoms with van der Waals surface area (Å²) in [4.78, 5) is 28.6. The summed E-state index contributed by atoms with van der Waals surface area (Å²) < 4.78 is 38.6. The van der Waals surface area contributed by atoms with Gasteiger partial charge < -0.3 is 5.32 Å². The molecule has 0 bridgehead atoms. The second kappa shape index (κ2) is 9.77. The van der Waals surface area contributed by atoms with E-state index in [0.717, 1.165) is 22.6 Å². The van der Waals surface area contributed by atoms with E-state index in [2.05, 4.69) is 5.32 Å². The summed E-state index contributed by atoms with van der Waals surface area (Å²) >= 11 is 1.23. The summed E-state index contributed by atoms with van der Waals surface area (Å²) in [5.41, 5.74) is 1.27. The number of nitrogens with one attached hydrogen (secondary N) is 1. The number of hydrogen-bond acceptors (Lipinski definition) is 3. The smallest absolute Gasteiger partial charge is 0.348 e. The molecule has 0 fully saturated rings. The number of fused-ring (bicyclic) bond motifs is 1. The molecule has 4 rings (SSSR count). The Morgan fingerprint density at radius 3 is 2.32 bits per heavy atom. The van der Waals surface area contributed by atoms with Gasteiger partial charge in [0.25, 0.3) is 5.91 Å². The Hall–Kier alpha value is -3.52. The third kappa shape index (κ3) is 5.34. The van der Waals surface area contributed by atoms with Gasteiger partial charge in [-0.1, -0.05) is 66.4 Å². The maximum absolute atomic E-state index is 13.3. The zero-order chi connectivity index (χ0) is 24.3. The Morgan fingerprint density at radius 2 is 1.65 bits per heavy atom. The molecule has 0 aromatic heterocycles. The quantitative estimate of drug-likeness (QED) is 0.450. The minimum atomic E-state index is -4.43.